The molecule has 0 aromatic carbocycles. The molecule has 4 amide bonds. The molecule has 6 aliphatic heterocycles. The smallest absolute Gasteiger partial charge is 0.358 e. The van der Waals surface area contributed by atoms with E-state index in [0.29, 0.717) is 24.0 Å². The highest BCUT2D eigenvalue weighted by atomic mass is 32.2. The van der Waals surface area contributed by atoms with Crippen molar-refractivity contribution in [2.24, 2.45) is 35.1 Å². The van der Waals surface area contributed by atoms with Gasteiger partial charge in [-0.05, 0) is 40.8 Å². The normalized spacial score (nSPS) is 34.1. The fraction of sp³-hybridized carbons (Fsp3) is 0.714. The summed E-state index contributed by atoms with van der Waals surface area (Å²) in [5.41, 5.74) is 11.0. The summed E-state index contributed by atoms with van der Waals surface area (Å²) in [5, 5.41) is 20.0. The number of ether oxygens (including phenoxy) is 3. The van der Waals surface area contributed by atoms with Gasteiger partial charge in [-0.2, -0.15) is 12.6 Å². The average Bonchev–Trinajstić information content (AvgIpc) is 3.78. The minimum absolute atomic E-state index is 0.0793. The van der Waals surface area contributed by atoms with Crippen LogP contribution in [0.4, 0.5) is 0 Å². The van der Waals surface area contributed by atoms with Crippen molar-refractivity contribution >= 4 is 60.0 Å². The van der Waals surface area contributed by atoms with Gasteiger partial charge in [0.2, 0.25) is 23.6 Å². The lowest BCUT2D eigenvalue weighted by Gasteiger charge is -2.46. The number of likely N-dealkylation sites (N-methyl/N-ethyl adjacent to an activating group) is 2. The number of aliphatic hydroxyl groups is 2. The first kappa shape index (κ1) is 43.4. The molecular formula is C35H54N6O11S2. The van der Waals surface area contributed by atoms with Crippen molar-refractivity contribution in [2.75, 3.05) is 48.5 Å². The third-order valence-electron chi connectivity index (χ3n) is 11.2. The number of carbonyl (C=O) groups excluding carboxylic acids is 6. The Morgan fingerprint density at radius 3 is 1.61 bits per heavy atom. The number of amides is 4. The Balaban J connectivity index is 0.000000200. The van der Waals surface area contributed by atoms with Crippen molar-refractivity contribution in [3.05, 3.63) is 22.1 Å². The number of thioether (sulfide) groups is 1. The first-order valence-electron chi connectivity index (χ1n) is 17.8. The van der Waals surface area contributed by atoms with E-state index in [9.17, 15) is 39.0 Å². The monoisotopic (exact) mass is 798 g/mol. The van der Waals surface area contributed by atoms with E-state index in [2.05, 4.69) is 17.4 Å². The SMILES string of the molecule is CN1CC(S)CC1C(N)=O.COC(=O)C1=C(OC)C(C)C2C(C(C)O)C(=O)N12.COC(=O)C1=C(SC2CC(C(N)=O)N(C)C2)C(C)C2C(C(C)O)C(=O)N12. The Morgan fingerprint density at radius 1 is 0.778 bits per heavy atom. The lowest BCUT2D eigenvalue weighted by Crippen LogP contribution is -2.63. The maximum Gasteiger partial charge on any atom is 0.358 e. The number of methoxy groups -OCH3 is 3. The van der Waals surface area contributed by atoms with Crippen LogP contribution >= 0.6 is 24.4 Å². The van der Waals surface area contributed by atoms with Gasteiger partial charge >= 0.3 is 11.9 Å². The molecule has 4 fully saturated rings. The molecule has 0 aromatic rings. The van der Waals surface area contributed by atoms with Gasteiger partial charge in [0.15, 0.2) is 5.70 Å². The predicted octanol–water partition coefficient (Wildman–Crippen LogP) is -1.13. The highest BCUT2D eigenvalue weighted by Gasteiger charge is 2.62. The number of hydrogen-bond acceptors (Lipinski definition) is 15. The zero-order chi connectivity index (χ0) is 40.7. The van der Waals surface area contributed by atoms with Crippen LogP contribution in [0, 0.1) is 23.7 Å². The summed E-state index contributed by atoms with van der Waals surface area (Å²) in [6, 6.07) is -0.871. The highest BCUT2D eigenvalue weighted by molar-refractivity contribution is 8.03. The van der Waals surface area contributed by atoms with Crippen LogP contribution in [0.25, 0.3) is 0 Å². The summed E-state index contributed by atoms with van der Waals surface area (Å²) in [6.45, 7) is 8.53. The second-order valence-electron chi connectivity index (χ2n) is 14.7. The van der Waals surface area contributed by atoms with Crippen LogP contribution in [-0.2, 0) is 43.0 Å². The van der Waals surface area contributed by atoms with Crippen molar-refractivity contribution in [2.45, 2.75) is 87.4 Å². The second kappa shape index (κ2) is 17.2. The Bertz CT molecular complexity index is 1590. The van der Waals surface area contributed by atoms with E-state index >= 15 is 0 Å². The van der Waals surface area contributed by atoms with Gasteiger partial charge in [0.25, 0.3) is 0 Å². The molecule has 0 bridgehead atoms. The molecule has 4 saturated heterocycles. The standard InChI is InChI=1S/C17H25N3O5S.C12H17NO5.C6H12N2OS/c1-7-12-11(8(2)21)16(23)20(12)13(17(24)25-4)14(7)26-9-5-10(15(18)22)19(3)6-9;1-5-8-7(6(2)14)11(15)13(8)9(10(5)17-3)12(16)18-4;1-8-3-4(10)2-5(8)6(7)9/h7-12,21H,5-6H2,1-4H3,(H2,18,22);5-8,14H,1-4H3;4-5,10H,2-3H2,1H3,(H2,7,9). The van der Waals surface area contributed by atoms with E-state index in [4.69, 9.17) is 20.9 Å². The average molecular weight is 799 g/mol. The number of nitrogens with two attached hydrogens (primary N) is 2. The van der Waals surface area contributed by atoms with Gasteiger partial charge in [0.05, 0.1) is 69.5 Å². The maximum atomic E-state index is 12.5. The molecule has 6 aliphatic rings. The van der Waals surface area contributed by atoms with Crippen molar-refractivity contribution in [1.29, 1.82) is 0 Å². The molecular weight excluding hydrogens is 745 g/mol. The summed E-state index contributed by atoms with van der Waals surface area (Å²) in [4.78, 5) is 78.3. The Hall–Kier alpha value is -3.36. The number of β-lactam (4-membered cyclic amide) rings is 2. The van der Waals surface area contributed by atoms with Crippen LogP contribution in [0.5, 0.6) is 0 Å². The number of thiol groups is 1. The fourth-order valence-corrected chi connectivity index (χ4v) is 10.6. The fourth-order valence-electron chi connectivity index (χ4n) is 8.51. The van der Waals surface area contributed by atoms with Gasteiger partial charge in [0.1, 0.15) is 11.5 Å². The molecule has 54 heavy (non-hydrogen) atoms. The number of fused-ring (bicyclic) bond motifs is 2. The van der Waals surface area contributed by atoms with E-state index < -0.39 is 36.0 Å². The number of nitrogens with zero attached hydrogens (tertiary/aromatic N) is 4. The molecule has 0 aliphatic carbocycles. The molecule has 6 N–H and O–H groups in total. The van der Waals surface area contributed by atoms with Crippen LogP contribution in [0.2, 0.25) is 0 Å². The molecule has 0 saturated carbocycles. The van der Waals surface area contributed by atoms with E-state index in [1.807, 2.05) is 37.7 Å². The second-order valence-corrected chi connectivity index (χ2v) is 16.8. The van der Waals surface area contributed by atoms with Gasteiger partial charge in [-0.25, -0.2) is 9.59 Å². The van der Waals surface area contributed by atoms with E-state index in [-0.39, 0.29) is 76.3 Å². The molecule has 302 valence electrons. The van der Waals surface area contributed by atoms with Crippen LogP contribution in [0.1, 0.15) is 40.5 Å². The number of carbonyl (C=O) groups is 6. The van der Waals surface area contributed by atoms with Crippen LogP contribution in [0.3, 0.4) is 0 Å². The van der Waals surface area contributed by atoms with Gasteiger partial charge in [-0.1, -0.05) is 13.8 Å². The maximum absolute atomic E-state index is 12.5. The lowest BCUT2D eigenvalue weighted by molar-refractivity contribution is -0.164. The molecule has 0 spiro atoms. The summed E-state index contributed by atoms with van der Waals surface area (Å²) in [7, 11) is 7.76. The molecule has 17 nitrogen and oxygen atoms in total. The van der Waals surface area contributed by atoms with Gasteiger partial charge in [-0.15, -0.1) is 11.8 Å². The third kappa shape index (κ3) is 7.84. The topological polar surface area (TPSA) is 236 Å². The van der Waals surface area contributed by atoms with Crippen molar-refractivity contribution in [1.82, 2.24) is 19.6 Å². The van der Waals surface area contributed by atoms with Crippen LogP contribution < -0.4 is 11.5 Å². The number of aliphatic hydroxyl groups excluding tert-OH is 2. The summed E-state index contributed by atoms with van der Waals surface area (Å²) in [5.74, 6) is -2.96. The van der Waals surface area contributed by atoms with Crippen molar-refractivity contribution < 1.29 is 53.2 Å². The van der Waals surface area contributed by atoms with Crippen molar-refractivity contribution in [3.63, 3.8) is 0 Å². The minimum Gasteiger partial charge on any atom is -0.498 e. The van der Waals surface area contributed by atoms with Gasteiger partial charge < -0.3 is 40.8 Å². The Labute approximate surface area is 325 Å². The predicted molar refractivity (Wildman–Crippen MR) is 200 cm³/mol. The quantitative estimate of drug-likeness (QED) is 0.106. The largest absolute Gasteiger partial charge is 0.498 e. The first-order chi connectivity index (χ1) is 25.2. The molecule has 0 radical (unpaired) electrons. The van der Waals surface area contributed by atoms with Gasteiger partial charge in [-0.3, -0.25) is 33.9 Å². The van der Waals surface area contributed by atoms with Crippen LogP contribution in [-0.4, -0.2) is 161 Å². The molecule has 6 rings (SSSR count). The van der Waals surface area contributed by atoms with E-state index in [0.717, 1.165) is 17.9 Å². The number of esters is 2. The number of rotatable bonds is 9. The van der Waals surface area contributed by atoms with Crippen LogP contribution in [0.15, 0.2) is 22.1 Å². The van der Waals surface area contributed by atoms with E-state index in [1.165, 1.54) is 42.9 Å². The third-order valence-corrected chi connectivity index (χ3v) is 13.0. The molecule has 6 heterocycles. The number of likely N-dealkylation sites (tertiary alicyclic amines) is 2. The Kier molecular flexibility index (Phi) is 13.8. The molecule has 0 aromatic heterocycles. The van der Waals surface area contributed by atoms with Crippen molar-refractivity contribution in [3.8, 4) is 0 Å². The molecule has 12 atom stereocenters. The van der Waals surface area contributed by atoms with Gasteiger partial charge in [0, 0.05) is 40.3 Å². The first-order valence-corrected chi connectivity index (χ1v) is 19.2. The number of hydrogen-bond donors (Lipinski definition) is 5. The molecule has 19 heteroatoms. The summed E-state index contributed by atoms with van der Waals surface area (Å²) >= 11 is 5.77. The highest BCUT2D eigenvalue weighted by Crippen LogP contribution is 2.52. The Morgan fingerprint density at radius 2 is 1.22 bits per heavy atom. The molecule has 12 unspecified atom stereocenters. The zero-order valence-corrected chi connectivity index (χ0v) is 33.8. The zero-order valence-electron chi connectivity index (χ0n) is 32.1. The summed E-state index contributed by atoms with van der Waals surface area (Å²) in [6.07, 6.45) is -0.128. The minimum atomic E-state index is -0.772. The summed E-state index contributed by atoms with van der Waals surface area (Å²) < 4.78 is 14.8. The van der Waals surface area contributed by atoms with E-state index in [1.54, 1.807) is 13.8 Å². The number of primary amides is 2. The lowest BCUT2D eigenvalue weighted by atomic mass is 9.79.